The third kappa shape index (κ3) is 8.92. The van der Waals surface area contributed by atoms with Gasteiger partial charge in [0.15, 0.2) is 0 Å². The molecule has 0 aliphatic rings. The molecule has 0 saturated heterocycles. The van der Waals surface area contributed by atoms with Crippen LogP contribution in [0.2, 0.25) is 0 Å². The van der Waals surface area contributed by atoms with Crippen molar-refractivity contribution in [3.8, 4) is 0 Å². The molecule has 1 nitrogen and oxygen atoms in total. The van der Waals surface area contributed by atoms with Crippen molar-refractivity contribution in [2.24, 2.45) is 11.3 Å². The number of rotatable bonds is 7. The van der Waals surface area contributed by atoms with Gasteiger partial charge < -0.3 is 5.32 Å². The van der Waals surface area contributed by atoms with Crippen LogP contribution in [-0.2, 0) is 0 Å². The molecule has 1 atom stereocenters. The van der Waals surface area contributed by atoms with Crippen molar-refractivity contribution in [2.75, 3.05) is 6.54 Å². The monoisotopic (exact) mass is 213 g/mol. The number of nitrogens with one attached hydrogen (secondary N) is 1. The molecule has 0 radical (unpaired) electrons. The molecule has 92 valence electrons. The van der Waals surface area contributed by atoms with Crippen LogP contribution < -0.4 is 5.32 Å². The summed E-state index contributed by atoms with van der Waals surface area (Å²) in [5.74, 6) is 0.761. The molecule has 0 fully saturated rings. The van der Waals surface area contributed by atoms with E-state index in [0.717, 1.165) is 5.92 Å². The second kappa shape index (κ2) is 7.27. The Morgan fingerprint density at radius 1 is 1.13 bits per heavy atom. The van der Waals surface area contributed by atoms with Crippen LogP contribution in [0, 0.1) is 11.3 Å². The van der Waals surface area contributed by atoms with Gasteiger partial charge in [0, 0.05) is 6.04 Å². The lowest BCUT2D eigenvalue weighted by molar-refractivity contribution is 0.315. The molecule has 0 saturated carbocycles. The van der Waals surface area contributed by atoms with Crippen LogP contribution in [0.15, 0.2) is 0 Å². The molecule has 0 aromatic carbocycles. The SMILES string of the molecule is CCCNC(CCCC(C)(C)C)C(C)C. The highest BCUT2D eigenvalue weighted by Crippen LogP contribution is 2.23. The molecule has 0 aromatic heterocycles. The summed E-state index contributed by atoms with van der Waals surface area (Å²) >= 11 is 0. The average molecular weight is 213 g/mol. The summed E-state index contributed by atoms with van der Waals surface area (Å²) in [7, 11) is 0. The molecular weight excluding hydrogens is 182 g/mol. The maximum Gasteiger partial charge on any atom is 0.00900 e. The Balaban J connectivity index is 3.76. The van der Waals surface area contributed by atoms with E-state index in [2.05, 4.69) is 46.9 Å². The Labute approximate surface area is 97.0 Å². The molecule has 1 unspecified atom stereocenters. The van der Waals surface area contributed by atoms with E-state index in [1.807, 2.05) is 0 Å². The summed E-state index contributed by atoms with van der Waals surface area (Å²) in [6, 6.07) is 0.715. The summed E-state index contributed by atoms with van der Waals surface area (Å²) in [5.41, 5.74) is 0.492. The van der Waals surface area contributed by atoms with Crippen molar-refractivity contribution >= 4 is 0 Å². The first-order chi connectivity index (χ1) is 6.87. The summed E-state index contributed by atoms with van der Waals surface area (Å²) < 4.78 is 0. The molecule has 0 bridgehead atoms. The predicted molar refractivity (Wildman–Crippen MR) is 70.2 cm³/mol. The lowest BCUT2D eigenvalue weighted by atomic mass is 9.87. The zero-order chi connectivity index (χ0) is 11.9. The van der Waals surface area contributed by atoms with E-state index in [9.17, 15) is 0 Å². The Kier molecular flexibility index (Phi) is 7.25. The molecule has 0 aliphatic carbocycles. The average Bonchev–Trinajstić information content (AvgIpc) is 2.08. The van der Waals surface area contributed by atoms with Crippen LogP contribution in [0.5, 0.6) is 0 Å². The summed E-state index contributed by atoms with van der Waals surface area (Å²) in [4.78, 5) is 0. The highest BCUT2D eigenvalue weighted by molar-refractivity contribution is 4.72. The first kappa shape index (κ1) is 15.0. The van der Waals surface area contributed by atoms with Crippen molar-refractivity contribution in [2.45, 2.75) is 73.3 Å². The van der Waals surface area contributed by atoms with E-state index in [1.165, 1.54) is 32.2 Å². The van der Waals surface area contributed by atoms with E-state index in [4.69, 9.17) is 0 Å². The molecule has 1 N–H and O–H groups in total. The summed E-state index contributed by atoms with van der Waals surface area (Å²) in [6.45, 7) is 15.0. The van der Waals surface area contributed by atoms with Gasteiger partial charge in [-0.3, -0.25) is 0 Å². The second-order valence-electron chi connectivity index (χ2n) is 6.26. The maximum absolute atomic E-state index is 3.66. The fourth-order valence-electron chi connectivity index (χ4n) is 1.85. The van der Waals surface area contributed by atoms with E-state index in [0.29, 0.717) is 11.5 Å². The molecule has 15 heavy (non-hydrogen) atoms. The van der Waals surface area contributed by atoms with Crippen molar-refractivity contribution in [1.29, 1.82) is 0 Å². The first-order valence-electron chi connectivity index (χ1n) is 6.60. The second-order valence-corrected chi connectivity index (χ2v) is 6.26. The van der Waals surface area contributed by atoms with E-state index >= 15 is 0 Å². The summed E-state index contributed by atoms with van der Waals surface area (Å²) in [5, 5.41) is 3.66. The van der Waals surface area contributed by atoms with Gasteiger partial charge in [-0.05, 0) is 37.1 Å². The normalized spacial score (nSPS) is 14.6. The van der Waals surface area contributed by atoms with E-state index in [-0.39, 0.29) is 0 Å². The number of hydrogen-bond donors (Lipinski definition) is 1. The van der Waals surface area contributed by atoms with Gasteiger partial charge >= 0.3 is 0 Å². The van der Waals surface area contributed by atoms with Gasteiger partial charge in [-0.25, -0.2) is 0 Å². The highest BCUT2D eigenvalue weighted by Gasteiger charge is 2.14. The van der Waals surface area contributed by atoms with Gasteiger partial charge in [-0.2, -0.15) is 0 Å². The minimum absolute atomic E-state index is 0.492. The van der Waals surface area contributed by atoms with Crippen LogP contribution in [0.3, 0.4) is 0 Å². The smallest absolute Gasteiger partial charge is 0.00900 e. The topological polar surface area (TPSA) is 12.0 Å². The lowest BCUT2D eigenvalue weighted by Crippen LogP contribution is -2.34. The van der Waals surface area contributed by atoms with E-state index < -0.39 is 0 Å². The molecule has 0 amide bonds. The zero-order valence-electron chi connectivity index (χ0n) is 11.7. The van der Waals surface area contributed by atoms with Crippen LogP contribution in [0.25, 0.3) is 0 Å². The third-order valence-corrected chi connectivity index (χ3v) is 2.90. The standard InChI is InChI=1S/C14H31N/c1-7-11-15-13(12(2)3)9-8-10-14(4,5)6/h12-13,15H,7-11H2,1-6H3. The third-order valence-electron chi connectivity index (χ3n) is 2.90. The van der Waals surface area contributed by atoms with Crippen LogP contribution in [-0.4, -0.2) is 12.6 Å². The van der Waals surface area contributed by atoms with Gasteiger partial charge in [0.1, 0.15) is 0 Å². The van der Waals surface area contributed by atoms with Crippen molar-refractivity contribution in [3.05, 3.63) is 0 Å². The largest absolute Gasteiger partial charge is 0.314 e. The van der Waals surface area contributed by atoms with Gasteiger partial charge in [-0.15, -0.1) is 0 Å². The highest BCUT2D eigenvalue weighted by atomic mass is 14.9. The number of hydrogen-bond acceptors (Lipinski definition) is 1. The fourth-order valence-corrected chi connectivity index (χ4v) is 1.85. The zero-order valence-corrected chi connectivity index (χ0v) is 11.7. The Hall–Kier alpha value is -0.0400. The van der Waals surface area contributed by atoms with Gasteiger partial charge in [0.2, 0.25) is 0 Å². The predicted octanol–water partition coefficient (Wildman–Crippen LogP) is 4.23. The van der Waals surface area contributed by atoms with Crippen molar-refractivity contribution in [3.63, 3.8) is 0 Å². The van der Waals surface area contributed by atoms with Crippen LogP contribution in [0.4, 0.5) is 0 Å². The molecule has 0 aliphatic heterocycles. The van der Waals surface area contributed by atoms with Gasteiger partial charge in [0.25, 0.3) is 0 Å². The van der Waals surface area contributed by atoms with Crippen molar-refractivity contribution in [1.82, 2.24) is 5.32 Å². The molecule has 0 rings (SSSR count). The minimum Gasteiger partial charge on any atom is -0.314 e. The van der Waals surface area contributed by atoms with Gasteiger partial charge in [0.05, 0.1) is 0 Å². The van der Waals surface area contributed by atoms with Crippen molar-refractivity contribution < 1.29 is 0 Å². The fraction of sp³-hybridized carbons (Fsp3) is 1.00. The molecule has 1 heteroatoms. The molecule has 0 heterocycles. The molecular formula is C14H31N. The molecule has 0 aromatic rings. The summed E-state index contributed by atoms with van der Waals surface area (Å²) in [6.07, 6.45) is 5.25. The molecule has 0 spiro atoms. The maximum atomic E-state index is 3.66. The Morgan fingerprint density at radius 3 is 2.13 bits per heavy atom. The minimum atomic E-state index is 0.492. The van der Waals surface area contributed by atoms with E-state index in [1.54, 1.807) is 0 Å². The quantitative estimate of drug-likeness (QED) is 0.667. The first-order valence-corrected chi connectivity index (χ1v) is 6.60. The Morgan fingerprint density at radius 2 is 1.73 bits per heavy atom. The van der Waals surface area contributed by atoms with Gasteiger partial charge in [-0.1, -0.05) is 48.0 Å². The van der Waals surface area contributed by atoms with Crippen LogP contribution in [0.1, 0.15) is 67.2 Å². The Bertz CT molecular complexity index is 144. The lowest BCUT2D eigenvalue weighted by Gasteiger charge is -2.24. The van der Waals surface area contributed by atoms with Crippen LogP contribution >= 0.6 is 0 Å².